The quantitative estimate of drug-likeness (QED) is 0.566. The molecular weight excluding hydrogens is 216 g/mol. The summed E-state index contributed by atoms with van der Waals surface area (Å²) in [6.07, 6.45) is 1.57. The Kier molecular flexibility index (Phi) is 4.11. The molecule has 0 amide bonds. The SMILES string of the molecule is O=Cc1ccc(COCCc2ccccc2)o1. The number of carbonyl (C=O) groups is 1. The zero-order valence-electron chi connectivity index (χ0n) is 9.46. The van der Waals surface area contributed by atoms with E-state index in [1.807, 2.05) is 18.2 Å². The van der Waals surface area contributed by atoms with Crippen LogP contribution >= 0.6 is 0 Å². The average molecular weight is 230 g/mol. The molecule has 0 aliphatic carbocycles. The Bertz CT molecular complexity index is 459. The summed E-state index contributed by atoms with van der Waals surface area (Å²) in [4.78, 5) is 10.4. The molecule has 0 atom stereocenters. The van der Waals surface area contributed by atoms with E-state index in [0.29, 0.717) is 31.0 Å². The summed E-state index contributed by atoms with van der Waals surface area (Å²) in [5, 5.41) is 0. The Labute approximate surface area is 100 Å². The molecule has 1 aromatic carbocycles. The van der Waals surface area contributed by atoms with Gasteiger partial charge in [0, 0.05) is 0 Å². The van der Waals surface area contributed by atoms with Gasteiger partial charge >= 0.3 is 0 Å². The van der Waals surface area contributed by atoms with Gasteiger partial charge in [-0.1, -0.05) is 30.3 Å². The lowest BCUT2D eigenvalue weighted by Gasteiger charge is -2.02. The van der Waals surface area contributed by atoms with Crippen LogP contribution in [0.2, 0.25) is 0 Å². The molecule has 0 aliphatic heterocycles. The number of hydrogen-bond acceptors (Lipinski definition) is 3. The van der Waals surface area contributed by atoms with Crippen LogP contribution in [0.25, 0.3) is 0 Å². The van der Waals surface area contributed by atoms with Gasteiger partial charge in [0.1, 0.15) is 12.4 Å². The van der Waals surface area contributed by atoms with Crippen molar-refractivity contribution < 1.29 is 13.9 Å². The molecule has 2 aromatic rings. The smallest absolute Gasteiger partial charge is 0.185 e. The second-order valence-electron chi connectivity index (χ2n) is 3.71. The molecule has 0 N–H and O–H groups in total. The normalized spacial score (nSPS) is 10.4. The van der Waals surface area contributed by atoms with Gasteiger partial charge in [0.2, 0.25) is 0 Å². The van der Waals surface area contributed by atoms with Gasteiger partial charge in [-0.25, -0.2) is 0 Å². The summed E-state index contributed by atoms with van der Waals surface area (Å²) in [5.41, 5.74) is 1.25. The van der Waals surface area contributed by atoms with Crippen molar-refractivity contribution in [3.8, 4) is 0 Å². The molecule has 2 rings (SSSR count). The summed E-state index contributed by atoms with van der Waals surface area (Å²) in [5.74, 6) is 1.02. The van der Waals surface area contributed by atoms with Crippen LogP contribution in [0.4, 0.5) is 0 Å². The lowest BCUT2D eigenvalue weighted by Crippen LogP contribution is -1.98. The second-order valence-corrected chi connectivity index (χ2v) is 3.71. The lowest BCUT2D eigenvalue weighted by atomic mass is 10.2. The summed E-state index contributed by atoms with van der Waals surface area (Å²) >= 11 is 0. The minimum Gasteiger partial charge on any atom is -0.456 e. The van der Waals surface area contributed by atoms with E-state index in [1.54, 1.807) is 12.1 Å². The Morgan fingerprint density at radius 3 is 2.65 bits per heavy atom. The largest absolute Gasteiger partial charge is 0.456 e. The highest BCUT2D eigenvalue weighted by Gasteiger charge is 2.00. The highest BCUT2D eigenvalue weighted by atomic mass is 16.5. The molecule has 1 aromatic heterocycles. The minimum absolute atomic E-state index is 0.339. The van der Waals surface area contributed by atoms with Crippen LogP contribution in [0.3, 0.4) is 0 Å². The van der Waals surface area contributed by atoms with Crippen LogP contribution in [0.15, 0.2) is 46.9 Å². The summed E-state index contributed by atoms with van der Waals surface area (Å²) in [7, 11) is 0. The second kappa shape index (κ2) is 6.01. The number of furan rings is 1. The van der Waals surface area contributed by atoms with Crippen molar-refractivity contribution in [1.29, 1.82) is 0 Å². The van der Waals surface area contributed by atoms with E-state index in [9.17, 15) is 4.79 Å². The van der Waals surface area contributed by atoms with Gasteiger partial charge < -0.3 is 9.15 Å². The summed E-state index contributed by atoms with van der Waals surface area (Å²) in [6, 6.07) is 13.6. The molecule has 17 heavy (non-hydrogen) atoms. The number of hydrogen-bond donors (Lipinski definition) is 0. The zero-order valence-corrected chi connectivity index (χ0v) is 9.46. The van der Waals surface area contributed by atoms with Gasteiger partial charge in [0.25, 0.3) is 0 Å². The molecule has 3 nitrogen and oxygen atoms in total. The Morgan fingerprint density at radius 1 is 1.12 bits per heavy atom. The van der Waals surface area contributed by atoms with E-state index < -0.39 is 0 Å². The van der Waals surface area contributed by atoms with Crippen molar-refractivity contribution in [2.24, 2.45) is 0 Å². The molecule has 1 heterocycles. The first-order valence-corrected chi connectivity index (χ1v) is 5.54. The number of benzene rings is 1. The van der Waals surface area contributed by atoms with Gasteiger partial charge in [-0.15, -0.1) is 0 Å². The fraction of sp³-hybridized carbons (Fsp3) is 0.214. The van der Waals surface area contributed by atoms with E-state index in [1.165, 1.54) is 5.56 Å². The van der Waals surface area contributed by atoms with Crippen molar-refractivity contribution in [1.82, 2.24) is 0 Å². The molecular formula is C14H14O3. The fourth-order valence-corrected chi connectivity index (χ4v) is 1.54. The predicted octanol–water partition coefficient (Wildman–Crippen LogP) is 2.85. The molecule has 0 radical (unpaired) electrons. The zero-order chi connectivity index (χ0) is 11.9. The Hall–Kier alpha value is -1.87. The van der Waals surface area contributed by atoms with E-state index in [2.05, 4.69) is 12.1 Å². The first-order valence-electron chi connectivity index (χ1n) is 5.54. The van der Waals surface area contributed by atoms with E-state index in [-0.39, 0.29) is 0 Å². The summed E-state index contributed by atoms with van der Waals surface area (Å²) in [6.45, 7) is 1.04. The molecule has 0 unspecified atom stereocenters. The summed E-state index contributed by atoms with van der Waals surface area (Å²) < 4.78 is 10.7. The van der Waals surface area contributed by atoms with Crippen LogP contribution in [0.1, 0.15) is 21.9 Å². The fourth-order valence-electron chi connectivity index (χ4n) is 1.54. The highest BCUT2D eigenvalue weighted by Crippen LogP contribution is 2.07. The first kappa shape index (κ1) is 11.6. The van der Waals surface area contributed by atoms with Gasteiger partial charge in [-0.3, -0.25) is 4.79 Å². The molecule has 88 valence electrons. The van der Waals surface area contributed by atoms with Crippen LogP contribution in [-0.2, 0) is 17.8 Å². The van der Waals surface area contributed by atoms with Crippen molar-refractivity contribution in [3.05, 3.63) is 59.5 Å². The highest BCUT2D eigenvalue weighted by molar-refractivity contribution is 5.70. The third-order valence-electron chi connectivity index (χ3n) is 2.42. The monoisotopic (exact) mass is 230 g/mol. The van der Waals surface area contributed by atoms with Crippen molar-refractivity contribution in [2.45, 2.75) is 13.0 Å². The lowest BCUT2D eigenvalue weighted by molar-refractivity contribution is 0.103. The topological polar surface area (TPSA) is 39.4 Å². The Balaban J connectivity index is 1.71. The predicted molar refractivity (Wildman–Crippen MR) is 63.9 cm³/mol. The third kappa shape index (κ3) is 3.57. The maximum atomic E-state index is 10.4. The molecule has 0 fully saturated rings. The Morgan fingerprint density at radius 2 is 1.94 bits per heavy atom. The number of carbonyl (C=O) groups excluding carboxylic acids is 1. The maximum absolute atomic E-state index is 10.4. The van der Waals surface area contributed by atoms with Crippen LogP contribution in [0, 0.1) is 0 Å². The molecule has 0 aliphatic rings. The molecule has 0 saturated carbocycles. The van der Waals surface area contributed by atoms with Gasteiger partial charge in [0.05, 0.1) is 6.61 Å². The van der Waals surface area contributed by atoms with Gasteiger partial charge in [-0.2, -0.15) is 0 Å². The van der Waals surface area contributed by atoms with Crippen LogP contribution in [-0.4, -0.2) is 12.9 Å². The van der Waals surface area contributed by atoms with Crippen molar-refractivity contribution in [3.63, 3.8) is 0 Å². The molecule has 0 bridgehead atoms. The van der Waals surface area contributed by atoms with E-state index in [0.717, 1.165) is 6.42 Å². The minimum atomic E-state index is 0.339. The maximum Gasteiger partial charge on any atom is 0.185 e. The number of ether oxygens (including phenoxy) is 1. The average Bonchev–Trinajstić information content (AvgIpc) is 2.84. The van der Waals surface area contributed by atoms with Crippen molar-refractivity contribution in [2.75, 3.05) is 6.61 Å². The van der Waals surface area contributed by atoms with Crippen LogP contribution in [0.5, 0.6) is 0 Å². The number of aldehydes is 1. The van der Waals surface area contributed by atoms with Gasteiger partial charge in [-0.05, 0) is 24.1 Å². The first-order chi connectivity index (χ1) is 8.38. The van der Waals surface area contributed by atoms with Crippen molar-refractivity contribution >= 4 is 6.29 Å². The molecule has 3 heteroatoms. The van der Waals surface area contributed by atoms with E-state index in [4.69, 9.17) is 9.15 Å². The van der Waals surface area contributed by atoms with Gasteiger partial charge in [0.15, 0.2) is 12.0 Å². The van der Waals surface area contributed by atoms with Crippen LogP contribution < -0.4 is 0 Å². The van der Waals surface area contributed by atoms with E-state index >= 15 is 0 Å². The number of rotatable bonds is 6. The molecule has 0 spiro atoms. The standard InChI is InChI=1S/C14H14O3/c15-10-13-6-7-14(17-13)11-16-9-8-12-4-2-1-3-5-12/h1-7,10H,8-9,11H2. The third-order valence-corrected chi connectivity index (χ3v) is 2.42. The molecule has 0 saturated heterocycles.